The van der Waals surface area contributed by atoms with Gasteiger partial charge in [0, 0.05) is 12.4 Å². The molecule has 6 heteroatoms. The molecule has 0 heterocycles. The van der Waals surface area contributed by atoms with E-state index in [-0.39, 0.29) is 0 Å². The number of carbonyl (C=O) groups excluding carboxylic acids is 1. The second-order valence-corrected chi connectivity index (χ2v) is 3.62. The van der Waals surface area contributed by atoms with Gasteiger partial charge in [0.05, 0.1) is 0 Å². The molecule has 0 unspecified atom stereocenters. The number of alkyl halides is 4. The van der Waals surface area contributed by atoms with Gasteiger partial charge in [0.2, 0.25) is 5.91 Å². The largest absolute Gasteiger partial charge is 0.397 e. The number of halogens is 4. The van der Waals surface area contributed by atoms with Crippen LogP contribution < -0.4 is 5.32 Å². The Balaban J connectivity index is 3.32. The smallest absolute Gasteiger partial charge is 0.356 e. The molecule has 0 bridgehead atoms. The van der Waals surface area contributed by atoms with Crippen molar-refractivity contribution in [1.29, 1.82) is 0 Å². The number of amides is 1. The summed E-state index contributed by atoms with van der Waals surface area (Å²) in [5.41, 5.74) is 0. The van der Waals surface area contributed by atoms with Crippen molar-refractivity contribution in [3.8, 4) is 0 Å². The van der Waals surface area contributed by atoms with E-state index >= 15 is 0 Å². The van der Waals surface area contributed by atoms with E-state index in [0.29, 0.717) is 18.8 Å². The fourth-order valence-electron chi connectivity index (χ4n) is 1.05. The van der Waals surface area contributed by atoms with Crippen LogP contribution >= 0.6 is 11.6 Å². The molecule has 0 aromatic heterocycles. The highest BCUT2D eigenvalue weighted by atomic mass is 35.5. The Morgan fingerprint density at radius 2 is 1.73 bits per heavy atom. The summed E-state index contributed by atoms with van der Waals surface area (Å²) < 4.78 is 35.1. The molecule has 0 saturated carbocycles. The zero-order chi connectivity index (χ0) is 11.7. The highest BCUT2D eigenvalue weighted by Gasteiger charge is 2.30. The van der Waals surface area contributed by atoms with Crippen LogP contribution in [0, 0.1) is 0 Å². The molecule has 15 heavy (non-hydrogen) atoms. The van der Waals surface area contributed by atoms with E-state index < -0.39 is 18.5 Å². The first-order chi connectivity index (χ1) is 6.95. The summed E-state index contributed by atoms with van der Waals surface area (Å²) in [6.45, 7) is 0.303. The fourth-order valence-corrected chi connectivity index (χ4v) is 1.23. The van der Waals surface area contributed by atoms with Crippen molar-refractivity contribution < 1.29 is 18.0 Å². The maximum atomic E-state index is 11.7. The number of hydrogen-bond donors (Lipinski definition) is 1. The van der Waals surface area contributed by atoms with Crippen LogP contribution in [0.5, 0.6) is 0 Å². The molecule has 0 fully saturated rings. The van der Waals surface area contributed by atoms with E-state index in [4.69, 9.17) is 11.6 Å². The van der Waals surface area contributed by atoms with Crippen LogP contribution in [0.4, 0.5) is 13.2 Å². The van der Waals surface area contributed by atoms with Gasteiger partial charge in [-0.3, -0.25) is 4.79 Å². The first-order valence-corrected chi connectivity index (χ1v) is 5.38. The number of nitrogens with one attached hydrogen (secondary N) is 1. The van der Waals surface area contributed by atoms with E-state index in [9.17, 15) is 18.0 Å². The van der Waals surface area contributed by atoms with Gasteiger partial charge in [0.25, 0.3) is 0 Å². The van der Waals surface area contributed by atoms with E-state index in [1.165, 1.54) is 0 Å². The molecule has 90 valence electrons. The molecule has 0 aliphatic carbocycles. The van der Waals surface area contributed by atoms with Crippen molar-refractivity contribution in [2.45, 2.75) is 38.3 Å². The normalized spacial score (nSPS) is 11.5. The maximum absolute atomic E-state index is 11.7. The second-order valence-electron chi connectivity index (χ2n) is 3.25. The molecule has 0 spiro atoms. The van der Waals surface area contributed by atoms with Crippen LogP contribution in [-0.2, 0) is 4.79 Å². The van der Waals surface area contributed by atoms with E-state index in [0.717, 1.165) is 19.3 Å². The highest BCUT2D eigenvalue weighted by Crippen LogP contribution is 2.18. The molecule has 0 aliphatic rings. The Bertz CT molecular complexity index is 185. The van der Waals surface area contributed by atoms with Gasteiger partial charge >= 0.3 is 6.18 Å². The molecule has 0 saturated heterocycles. The summed E-state index contributed by atoms with van der Waals surface area (Å²) in [7, 11) is 0. The second kappa shape index (κ2) is 7.79. The molecule has 2 nitrogen and oxygen atoms in total. The molecular formula is C9H15ClF3NO. The Morgan fingerprint density at radius 3 is 2.27 bits per heavy atom. The minimum Gasteiger partial charge on any atom is -0.356 e. The molecule has 1 N–H and O–H groups in total. The van der Waals surface area contributed by atoms with Crippen LogP contribution in [0.1, 0.15) is 32.1 Å². The lowest BCUT2D eigenvalue weighted by atomic mass is 10.2. The molecule has 0 aromatic rings. The van der Waals surface area contributed by atoms with Crippen molar-refractivity contribution in [3.63, 3.8) is 0 Å². The fraction of sp³-hybridized carbons (Fsp3) is 0.889. The molecular weight excluding hydrogens is 231 g/mol. The van der Waals surface area contributed by atoms with Gasteiger partial charge in [-0.25, -0.2) is 0 Å². The van der Waals surface area contributed by atoms with Gasteiger partial charge in [-0.1, -0.05) is 12.8 Å². The number of rotatable bonds is 7. The minimum atomic E-state index is -4.41. The third-order valence-electron chi connectivity index (χ3n) is 1.74. The number of carbonyl (C=O) groups is 1. The average molecular weight is 246 g/mol. The number of hydrogen-bond acceptors (Lipinski definition) is 1. The summed E-state index contributed by atoms with van der Waals surface area (Å²) in [6.07, 6.45) is -2.40. The zero-order valence-corrected chi connectivity index (χ0v) is 9.13. The SMILES string of the molecule is O=C(CC(F)(F)F)NCCCCCCCl. The quantitative estimate of drug-likeness (QED) is 0.542. The van der Waals surface area contributed by atoms with Crippen molar-refractivity contribution in [2.24, 2.45) is 0 Å². The Hall–Kier alpha value is -0.450. The summed E-state index contributed by atoms with van der Waals surface area (Å²) in [5.74, 6) is -0.361. The monoisotopic (exact) mass is 245 g/mol. The molecule has 0 atom stereocenters. The van der Waals surface area contributed by atoms with Crippen LogP contribution in [0.25, 0.3) is 0 Å². The first kappa shape index (κ1) is 14.6. The molecule has 0 radical (unpaired) electrons. The Labute approximate surface area is 92.2 Å². The predicted molar refractivity (Wildman–Crippen MR) is 52.9 cm³/mol. The minimum absolute atomic E-state index is 0.303. The zero-order valence-electron chi connectivity index (χ0n) is 8.37. The topological polar surface area (TPSA) is 29.1 Å². The van der Waals surface area contributed by atoms with Crippen molar-refractivity contribution in [2.75, 3.05) is 12.4 Å². The van der Waals surface area contributed by atoms with Crippen LogP contribution in [-0.4, -0.2) is 24.5 Å². The third-order valence-corrected chi connectivity index (χ3v) is 2.01. The lowest BCUT2D eigenvalue weighted by Crippen LogP contribution is -2.29. The van der Waals surface area contributed by atoms with Crippen LogP contribution in [0.3, 0.4) is 0 Å². The third kappa shape index (κ3) is 11.5. The summed E-state index contributed by atoms with van der Waals surface area (Å²) in [6, 6.07) is 0. The van der Waals surface area contributed by atoms with Gasteiger partial charge in [-0.05, 0) is 12.8 Å². The molecule has 1 amide bonds. The molecule has 0 aromatic carbocycles. The highest BCUT2D eigenvalue weighted by molar-refractivity contribution is 6.17. The van der Waals surface area contributed by atoms with Gasteiger partial charge in [-0.15, -0.1) is 11.6 Å². The van der Waals surface area contributed by atoms with Gasteiger partial charge in [-0.2, -0.15) is 13.2 Å². The standard InChI is InChI=1S/C9H15ClF3NO/c10-5-3-1-2-4-6-14-8(15)7-9(11,12)13/h1-7H2,(H,14,15). The average Bonchev–Trinajstić information content (AvgIpc) is 2.08. The van der Waals surface area contributed by atoms with Crippen molar-refractivity contribution in [3.05, 3.63) is 0 Å². The summed E-state index contributed by atoms with van der Waals surface area (Å²) >= 11 is 5.44. The van der Waals surface area contributed by atoms with Gasteiger partial charge in [0.15, 0.2) is 0 Å². The lowest BCUT2D eigenvalue weighted by molar-refractivity contribution is -0.153. The lowest BCUT2D eigenvalue weighted by Gasteiger charge is -2.07. The van der Waals surface area contributed by atoms with Gasteiger partial charge in [0.1, 0.15) is 6.42 Å². The van der Waals surface area contributed by atoms with E-state index in [1.807, 2.05) is 0 Å². The summed E-state index contributed by atoms with van der Waals surface area (Å²) in [4.78, 5) is 10.7. The molecule has 0 aliphatic heterocycles. The van der Waals surface area contributed by atoms with Crippen molar-refractivity contribution >= 4 is 17.5 Å². The first-order valence-electron chi connectivity index (χ1n) is 4.85. The van der Waals surface area contributed by atoms with Crippen LogP contribution in [0.15, 0.2) is 0 Å². The predicted octanol–water partition coefficient (Wildman–Crippen LogP) is 2.85. The van der Waals surface area contributed by atoms with Crippen LogP contribution in [0.2, 0.25) is 0 Å². The van der Waals surface area contributed by atoms with E-state index in [2.05, 4.69) is 5.32 Å². The maximum Gasteiger partial charge on any atom is 0.397 e. The summed E-state index contributed by atoms with van der Waals surface area (Å²) in [5, 5.41) is 2.22. The number of unbranched alkanes of at least 4 members (excludes halogenated alkanes) is 3. The van der Waals surface area contributed by atoms with E-state index in [1.54, 1.807) is 0 Å². The Morgan fingerprint density at radius 1 is 1.13 bits per heavy atom. The molecule has 0 rings (SSSR count). The Kier molecular flexibility index (Phi) is 7.56. The van der Waals surface area contributed by atoms with Crippen molar-refractivity contribution in [1.82, 2.24) is 5.32 Å². The van der Waals surface area contributed by atoms with Gasteiger partial charge < -0.3 is 5.32 Å².